The quantitative estimate of drug-likeness (QED) is 0.133. The number of carbonyl (C=O) groups is 4. The molecule has 4 aromatic rings. The fourth-order valence-electron chi connectivity index (χ4n) is 8.75. The Balaban J connectivity index is 1.05. The SMILES string of the molecule is CCCN(Cc1ncc(-c2ccc3c(c2)CCc2cc(-c4cnc([C@@H]5[C@H]6CC[C@H](C6)N5C(=O)[C@H](C)NC(=O)OC)[nH]4)ccc2-3)[nH]1)C(=O)[C@@H](NC(=O)OC)C(C)C. The number of alkyl carbamates (subject to hydrolysis) is 2. The summed E-state index contributed by atoms with van der Waals surface area (Å²) >= 11 is 0. The van der Waals surface area contributed by atoms with Gasteiger partial charge in [0.1, 0.15) is 23.7 Å². The molecule has 2 fully saturated rings. The molecular weight excluding hydrogens is 713 g/mol. The fourth-order valence-corrected chi connectivity index (χ4v) is 8.75. The summed E-state index contributed by atoms with van der Waals surface area (Å²) in [5.41, 5.74) is 8.80. The van der Waals surface area contributed by atoms with Gasteiger partial charge in [0.05, 0.1) is 50.6 Å². The molecule has 1 saturated carbocycles. The second-order valence-electron chi connectivity index (χ2n) is 15.6. The Morgan fingerprint density at radius 3 is 2.12 bits per heavy atom. The highest BCUT2D eigenvalue weighted by Gasteiger charge is 2.50. The Hall–Kier alpha value is -5.66. The van der Waals surface area contributed by atoms with Crippen LogP contribution in [0.25, 0.3) is 33.6 Å². The number of imidazole rings is 2. The first kappa shape index (κ1) is 38.6. The number of benzene rings is 2. The second kappa shape index (κ2) is 16.2. The van der Waals surface area contributed by atoms with Crippen molar-refractivity contribution in [2.24, 2.45) is 11.8 Å². The highest BCUT2D eigenvalue weighted by Crippen LogP contribution is 2.50. The van der Waals surface area contributed by atoms with Crippen molar-refractivity contribution in [3.8, 4) is 33.6 Å². The first-order valence-electron chi connectivity index (χ1n) is 19.6. The molecule has 2 bridgehead atoms. The first-order chi connectivity index (χ1) is 27.0. The van der Waals surface area contributed by atoms with Crippen LogP contribution in [-0.4, -0.2) is 92.6 Å². The zero-order valence-electron chi connectivity index (χ0n) is 33.0. The normalized spacial score (nSPS) is 19.2. The number of aromatic nitrogens is 4. The maximum absolute atomic E-state index is 13.5. The van der Waals surface area contributed by atoms with Crippen molar-refractivity contribution in [2.45, 2.75) is 96.9 Å². The molecule has 296 valence electrons. The van der Waals surface area contributed by atoms with Crippen molar-refractivity contribution >= 4 is 24.0 Å². The van der Waals surface area contributed by atoms with Crippen molar-refractivity contribution in [3.05, 3.63) is 71.6 Å². The smallest absolute Gasteiger partial charge is 0.407 e. The molecule has 7 rings (SSSR count). The standard InChI is InChI=1S/C42H52N8O6/c1-7-16-49(40(52)36(23(2)3)48-42(54)56-6)22-35-43-20-33(46-35)27-11-14-31-25(17-27)8-9-26-18-28(12-15-32(26)31)34-21-44-38(47-34)37-29-10-13-30(19-29)50(37)39(51)24(4)45-41(53)55-5/h11-12,14-15,17-18,20-21,23-24,29-30,36-37H,7-10,13,16,19,22H2,1-6H3,(H,43,46)(H,44,47)(H,45,53)(H,48,54)/t24-,29-,30+,36-,37-/m0/s1. The highest BCUT2D eigenvalue weighted by molar-refractivity contribution is 5.87. The van der Waals surface area contributed by atoms with Gasteiger partial charge in [-0.05, 0) is 103 Å². The molecule has 4 N–H and O–H groups in total. The van der Waals surface area contributed by atoms with Crippen LogP contribution in [0.2, 0.25) is 0 Å². The molecule has 56 heavy (non-hydrogen) atoms. The van der Waals surface area contributed by atoms with Gasteiger partial charge in [-0.1, -0.05) is 45.0 Å². The number of rotatable bonds is 12. The molecular formula is C42H52N8O6. The van der Waals surface area contributed by atoms with Crippen molar-refractivity contribution in [2.75, 3.05) is 20.8 Å². The Morgan fingerprint density at radius 1 is 0.875 bits per heavy atom. The van der Waals surface area contributed by atoms with Gasteiger partial charge in [0.25, 0.3) is 0 Å². The molecule has 1 saturated heterocycles. The lowest BCUT2D eigenvalue weighted by atomic mass is 9.83. The number of methoxy groups -OCH3 is 2. The van der Waals surface area contributed by atoms with E-state index in [4.69, 9.17) is 14.5 Å². The van der Waals surface area contributed by atoms with Gasteiger partial charge in [0, 0.05) is 12.6 Å². The van der Waals surface area contributed by atoms with E-state index in [1.54, 1.807) is 11.8 Å². The summed E-state index contributed by atoms with van der Waals surface area (Å²) in [6, 6.07) is 11.6. The molecule has 14 nitrogen and oxygen atoms in total. The lowest BCUT2D eigenvalue weighted by Crippen LogP contribution is -2.51. The number of nitrogens with one attached hydrogen (secondary N) is 4. The summed E-state index contributed by atoms with van der Waals surface area (Å²) in [5.74, 6) is 1.37. The maximum Gasteiger partial charge on any atom is 0.407 e. The molecule has 2 aromatic heterocycles. The molecule has 3 heterocycles. The largest absolute Gasteiger partial charge is 0.453 e. The molecule has 5 atom stereocenters. The van der Waals surface area contributed by atoms with Crippen LogP contribution in [0.15, 0.2) is 48.8 Å². The Bertz CT molecular complexity index is 2110. The van der Waals surface area contributed by atoms with E-state index in [1.165, 1.54) is 36.5 Å². The number of piperidine rings is 1. The van der Waals surface area contributed by atoms with E-state index in [9.17, 15) is 19.2 Å². The second-order valence-corrected chi connectivity index (χ2v) is 15.6. The minimum atomic E-state index is -0.705. The van der Waals surface area contributed by atoms with Crippen LogP contribution in [0.5, 0.6) is 0 Å². The number of carbonyl (C=O) groups excluding carboxylic acids is 4. The summed E-state index contributed by atoms with van der Waals surface area (Å²) in [4.78, 5) is 70.9. The van der Waals surface area contributed by atoms with E-state index < -0.39 is 24.3 Å². The average molecular weight is 765 g/mol. The predicted molar refractivity (Wildman–Crippen MR) is 210 cm³/mol. The number of nitrogens with zero attached hydrogens (tertiary/aromatic N) is 4. The van der Waals surface area contributed by atoms with Gasteiger partial charge in [0.2, 0.25) is 11.8 Å². The number of H-pyrrole nitrogens is 2. The van der Waals surface area contributed by atoms with Crippen LogP contribution in [0.3, 0.4) is 0 Å². The minimum absolute atomic E-state index is 0.116. The summed E-state index contributed by atoms with van der Waals surface area (Å²) in [6.45, 7) is 8.32. The summed E-state index contributed by atoms with van der Waals surface area (Å²) in [6.07, 6.45) is 7.90. The zero-order valence-corrected chi connectivity index (χ0v) is 33.0. The van der Waals surface area contributed by atoms with E-state index in [-0.39, 0.29) is 29.8 Å². The van der Waals surface area contributed by atoms with Gasteiger partial charge in [-0.25, -0.2) is 19.6 Å². The van der Waals surface area contributed by atoms with E-state index in [2.05, 4.69) is 62.0 Å². The molecule has 2 aliphatic carbocycles. The van der Waals surface area contributed by atoms with E-state index in [0.29, 0.717) is 24.8 Å². The molecule has 2 aromatic carbocycles. The molecule has 0 unspecified atom stereocenters. The highest BCUT2D eigenvalue weighted by atomic mass is 16.5. The lowest BCUT2D eigenvalue weighted by molar-refractivity contribution is -0.137. The van der Waals surface area contributed by atoms with Crippen molar-refractivity contribution < 1.29 is 28.7 Å². The minimum Gasteiger partial charge on any atom is -0.453 e. The van der Waals surface area contributed by atoms with E-state index in [0.717, 1.165) is 66.9 Å². The Kier molecular flexibility index (Phi) is 11.2. The topological polar surface area (TPSA) is 175 Å². The van der Waals surface area contributed by atoms with Crippen LogP contribution in [0.1, 0.15) is 82.2 Å². The number of amides is 4. The number of likely N-dealkylation sites (tertiary alicyclic amines) is 1. The van der Waals surface area contributed by atoms with Crippen LogP contribution in [0.4, 0.5) is 9.59 Å². The molecule has 1 aliphatic heterocycles. The summed E-state index contributed by atoms with van der Waals surface area (Å²) in [7, 11) is 2.58. The lowest BCUT2D eigenvalue weighted by Gasteiger charge is -2.36. The number of ether oxygens (including phenoxy) is 2. The number of aryl methyl sites for hydroxylation is 2. The summed E-state index contributed by atoms with van der Waals surface area (Å²) in [5, 5.41) is 5.32. The van der Waals surface area contributed by atoms with Gasteiger partial charge in [-0.2, -0.15) is 0 Å². The van der Waals surface area contributed by atoms with Crippen LogP contribution in [0, 0.1) is 11.8 Å². The van der Waals surface area contributed by atoms with Crippen molar-refractivity contribution in [3.63, 3.8) is 0 Å². The zero-order chi connectivity index (χ0) is 39.7. The number of aromatic amines is 2. The molecule has 0 radical (unpaired) electrons. The van der Waals surface area contributed by atoms with Crippen LogP contribution in [-0.2, 0) is 38.4 Å². The first-order valence-corrected chi connectivity index (χ1v) is 19.6. The third-order valence-corrected chi connectivity index (χ3v) is 11.6. The van der Waals surface area contributed by atoms with Gasteiger partial charge in [0.15, 0.2) is 0 Å². The average Bonchev–Trinajstić information content (AvgIpc) is 4.04. The molecule has 3 aliphatic rings. The third kappa shape index (κ3) is 7.61. The Morgan fingerprint density at radius 2 is 1.50 bits per heavy atom. The molecule has 14 heteroatoms. The number of hydrogen-bond acceptors (Lipinski definition) is 8. The predicted octanol–water partition coefficient (Wildman–Crippen LogP) is 6.15. The fraction of sp³-hybridized carbons (Fsp3) is 0.476. The van der Waals surface area contributed by atoms with Gasteiger partial charge in [-0.15, -0.1) is 0 Å². The third-order valence-electron chi connectivity index (χ3n) is 11.6. The van der Waals surface area contributed by atoms with Gasteiger partial charge >= 0.3 is 12.2 Å². The van der Waals surface area contributed by atoms with E-state index in [1.807, 2.05) is 38.1 Å². The number of fused-ring (bicyclic) bond motifs is 5. The van der Waals surface area contributed by atoms with Crippen molar-refractivity contribution in [1.29, 1.82) is 0 Å². The summed E-state index contributed by atoms with van der Waals surface area (Å²) < 4.78 is 9.48. The van der Waals surface area contributed by atoms with E-state index >= 15 is 0 Å². The van der Waals surface area contributed by atoms with Gasteiger partial charge < -0.3 is 39.9 Å². The maximum atomic E-state index is 13.5. The Labute approximate surface area is 327 Å². The van der Waals surface area contributed by atoms with Crippen molar-refractivity contribution in [1.82, 2.24) is 40.4 Å². The van der Waals surface area contributed by atoms with Crippen LogP contribution < -0.4 is 10.6 Å². The molecule has 4 amide bonds. The van der Waals surface area contributed by atoms with Crippen LogP contribution >= 0.6 is 0 Å². The monoisotopic (exact) mass is 764 g/mol. The molecule has 0 spiro atoms. The van der Waals surface area contributed by atoms with Gasteiger partial charge in [-0.3, -0.25) is 9.59 Å². The number of hydrogen-bond donors (Lipinski definition) is 4.